The van der Waals surface area contributed by atoms with Crippen LogP contribution in [0.2, 0.25) is 0 Å². The molecule has 0 bridgehead atoms. The number of thiocarbonyl (C=S) groups is 1. The van der Waals surface area contributed by atoms with Gasteiger partial charge in [0.2, 0.25) is 0 Å². The third kappa shape index (κ3) is 3.47. The van der Waals surface area contributed by atoms with Gasteiger partial charge in [0.15, 0.2) is 4.32 Å². The van der Waals surface area contributed by atoms with Crippen LogP contribution in [-0.2, 0) is 4.79 Å². The first-order valence-corrected chi connectivity index (χ1v) is 9.43. The first-order valence-electron chi connectivity index (χ1n) is 8.20. The summed E-state index contributed by atoms with van der Waals surface area (Å²) in [5.41, 5.74) is 1.20. The molecular formula is C20H12N2O4S2. The van der Waals surface area contributed by atoms with Crippen molar-refractivity contribution in [1.29, 1.82) is 0 Å². The number of anilines is 1. The molecule has 138 valence electrons. The van der Waals surface area contributed by atoms with Crippen LogP contribution in [0.5, 0.6) is 0 Å². The fraction of sp³-hybridized carbons (Fsp3) is 0. The van der Waals surface area contributed by atoms with Gasteiger partial charge in [-0.05, 0) is 18.2 Å². The van der Waals surface area contributed by atoms with Gasteiger partial charge < -0.3 is 4.42 Å². The number of furan rings is 1. The summed E-state index contributed by atoms with van der Waals surface area (Å²) in [5, 5.41) is 11.0. The molecule has 0 saturated carbocycles. The zero-order chi connectivity index (χ0) is 19.7. The first kappa shape index (κ1) is 18.1. The number of nitrogens with zero attached hydrogens (tertiary/aromatic N) is 2. The van der Waals surface area contributed by atoms with Gasteiger partial charge in [-0.15, -0.1) is 0 Å². The SMILES string of the molecule is O=C1/C(=C\c2ccc(-c3ccccc3)o2)SC(=S)N1c1cccc([N+](=O)[O-])c1. The Balaban J connectivity index is 1.62. The van der Waals surface area contributed by atoms with Crippen molar-refractivity contribution >= 4 is 51.7 Å². The summed E-state index contributed by atoms with van der Waals surface area (Å²) in [6.45, 7) is 0. The Labute approximate surface area is 169 Å². The predicted molar refractivity (Wildman–Crippen MR) is 113 cm³/mol. The smallest absolute Gasteiger partial charge is 0.271 e. The zero-order valence-electron chi connectivity index (χ0n) is 14.3. The van der Waals surface area contributed by atoms with E-state index in [1.54, 1.807) is 18.2 Å². The number of thioether (sulfide) groups is 1. The van der Waals surface area contributed by atoms with Gasteiger partial charge in [-0.2, -0.15) is 0 Å². The second-order valence-corrected chi connectivity index (χ2v) is 7.54. The van der Waals surface area contributed by atoms with Gasteiger partial charge in [0.1, 0.15) is 11.5 Å². The number of benzene rings is 2. The molecule has 1 amide bonds. The highest BCUT2D eigenvalue weighted by molar-refractivity contribution is 8.27. The molecule has 0 radical (unpaired) electrons. The van der Waals surface area contributed by atoms with E-state index in [0.717, 1.165) is 17.3 Å². The van der Waals surface area contributed by atoms with Crippen molar-refractivity contribution in [2.24, 2.45) is 0 Å². The zero-order valence-corrected chi connectivity index (χ0v) is 15.9. The van der Waals surface area contributed by atoms with Gasteiger partial charge in [-0.3, -0.25) is 19.8 Å². The third-order valence-corrected chi connectivity index (χ3v) is 5.35. The van der Waals surface area contributed by atoms with Crippen LogP contribution in [0.3, 0.4) is 0 Å². The highest BCUT2D eigenvalue weighted by Gasteiger charge is 2.34. The molecule has 0 atom stereocenters. The van der Waals surface area contributed by atoms with E-state index in [1.807, 2.05) is 36.4 Å². The molecule has 0 spiro atoms. The normalized spacial score (nSPS) is 15.4. The van der Waals surface area contributed by atoms with Gasteiger partial charge >= 0.3 is 0 Å². The van der Waals surface area contributed by atoms with Crippen LogP contribution in [0.1, 0.15) is 5.76 Å². The number of non-ortho nitro benzene ring substituents is 1. The number of rotatable bonds is 4. The standard InChI is InChI=1S/C20H12N2O4S2/c23-19-18(12-16-9-10-17(26-16)13-5-2-1-3-6-13)28-20(27)21(19)14-7-4-8-15(11-14)22(24)25/h1-12H/b18-12+. The summed E-state index contributed by atoms with van der Waals surface area (Å²) < 4.78 is 6.13. The number of nitro groups is 1. The van der Waals surface area contributed by atoms with Gasteiger partial charge in [-0.25, -0.2) is 0 Å². The van der Waals surface area contributed by atoms with Gasteiger partial charge in [0.25, 0.3) is 11.6 Å². The maximum absolute atomic E-state index is 12.8. The summed E-state index contributed by atoms with van der Waals surface area (Å²) in [4.78, 5) is 25.0. The summed E-state index contributed by atoms with van der Waals surface area (Å²) in [5.74, 6) is 0.882. The van der Waals surface area contributed by atoms with E-state index in [2.05, 4.69) is 0 Å². The minimum atomic E-state index is -0.509. The minimum absolute atomic E-state index is 0.103. The lowest BCUT2D eigenvalue weighted by molar-refractivity contribution is -0.384. The van der Waals surface area contributed by atoms with Crippen molar-refractivity contribution in [3.8, 4) is 11.3 Å². The largest absolute Gasteiger partial charge is 0.457 e. The Morgan fingerprint density at radius 2 is 1.86 bits per heavy atom. The maximum atomic E-state index is 12.8. The van der Waals surface area contributed by atoms with Crippen LogP contribution in [0.25, 0.3) is 17.4 Å². The van der Waals surface area contributed by atoms with E-state index < -0.39 is 4.92 Å². The van der Waals surface area contributed by atoms with E-state index in [-0.39, 0.29) is 11.6 Å². The lowest BCUT2D eigenvalue weighted by atomic mass is 10.2. The first-order chi connectivity index (χ1) is 13.5. The molecule has 2 heterocycles. The highest BCUT2D eigenvalue weighted by atomic mass is 32.2. The van der Waals surface area contributed by atoms with E-state index in [1.165, 1.54) is 23.1 Å². The van der Waals surface area contributed by atoms with Crippen molar-refractivity contribution in [2.45, 2.75) is 0 Å². The average Bonchev–Trinajstić information content (AvgIpc) is 3.27. The van der Waals surface area contributed by atoms with Crippen molar-refractivity contribution in [3.63, 3.8) is 0 Å². The van der Waals surface area contributed by atoms with Gasteiger partial charge in [0, 0.05) is 23.8 Å². The predicted octanol–water partition coefficient (Wildman–Crippen LogP) is 5.26. The molecule has 6 nitrogen and oxygen atoms in total. The third-order valence-electron chi connectivity index (χ3n) is 4.05. The van der Waals surface area contributed by atoms with Crippen molar-refractivity contribution < 1.29 is 14.1 Å². The monoisotopic (exact) mass is 408 g/mol. The summed E-state index contributed by atoms with van der Waals surface area (Å²) in [7, 11) is 0. The molecule has 8 heteroatoms. The maximum Gasteiger partial charge on any atom is 0.271 e. The van der Waals surface area contributed by atoms with Gasteiger partial charge in [0.05, 0.1) is 15.5 Å². The van der Waals surface area contributed by atoms with Crippen molar-refractivity contribution in [2.75, 3.05) is 4.90 Å². The topological polar surface area (TPSA) is 76.6 Å². The number of hydrogen-bond donors (Lipinski definition) is 0. The number of carbonyl (C=O) groups is 1. The molecule has 0 aliphatic carbocycles. The lowest BCUT2D eigenvalue weighted by Crippen LogP contribution is -2.27. The Bertz CT molecular complexity index is 1120. The highest BCUT2D eigenvalue weighted by Crippen LogP contribution is 2.37. The molecule has 3 aromatic rings. The minimum Gasteiger partial charge on any atom is -0.457 e. The van der Waals surface area contributed by atoms with Crippen molar-refractivity contribution in [3.05, 3.63) is 87.5 Å². The molecule has 1 aromatic heterocycles. The second kappa shape index (κ2) is 7.41. The molecule has 0 N–H and O–H groups in total. The number of nitro benzene ring substituents is 1. The van der Waals surface area contributed by atoms with E-state index in [9.17, 15) is 14.9 Å². The number of amides is 1. The fourth-order valence-corrected chi connectivity index (χ4v) is 4.03. The van der Waals surface area contributed by atoms with Crippen LogP contribution in [0.15, 0.2) is 76.1 Å². The van der Waals surface area contributed by atoms with Gasteiger partial charge in [-0.1, -0.05) is 60.4 Å². The summed E-state index contributed by atoms with van der Waals surface area (Å²) in [6.07, 6.45) is 1.63. The van der Waals surface area contributed by atoms with E-state index in [4.69, 9.17) is 16.6 Å². The molecule has 2 aromatic carbocycles. The van der Waals surface area contributed by atoms with E-state index >= 15 is 0 Å². The summed E-state index contributed by atoms with van der Waals surface area (Å²) in [6, 6.07) is 19.1. The van der Waals surface area contributed by atoms with Crippen LogP contribution in [-0.4, -0.2) is 15.2 Å². The summed E-state index contributed by atoms with van der Waals surface area (Å²) >= 11 is 6.44. The fourth-order valence-electron chi connectivity index (χ4n) is 2.75. The Morgan fingerprint density at radius 1 is 1.07 bits per heavy atom. The second-order valence-electron chi connectivity index (χ2n) is 5.86. The Kier molecular flexibility index (Phi) is 4.81. The molecule has 4 rings (SSSR count). The molecular weight excluding hydrogens is 396 g/mol. The van der Waals surface area contributed by atoms with Crippen LogP contribution in [0, 0.1) is 10.1 Å². The number of carbonyl (C=O) groups excluding carboxylic acids is 1. The van der Waals surface area contributed by atoms with Crippen LogP contribution in [0.4, 0.5) is 11.4 Å². The molecule has 1 aliphatic rings. The molecule has 1 aliphatic heterocycles. The van der Waals surface area contributed by atoms with Crippen LogP contribution >= 0.6 is 24.0 Å². The Hall–Kier alpha value is -3.23. The van der Waals surface area contributed by atoms with Crippen molar-refractivity contribution in [1.82, 2.24) is 0 Å². The number of hydrogen-bond acceptors (Lipinski definition) is 6. The molecule has 0 unspecified atom stereocenters. The Morgan fingerprint density at radius 3 is 2.61 bits per heavy atom. The quantitative estimate of drug-likeness (QED) is 0.254. The average molecular weight is 408 g/mol. The van der Waals surface area contributed by atoms with Crippen LogP contribution < -0.4 is 4.90 Å². The molecule has 1 fully saturated rings. The molecule has 1 saturated heterocycles. The molecule has 28 heavy (non-hydrogen) atoms. The lowest BCUT2D eigenvalue weighted by Gasteiger charge is -2.13. The van der Waals surface area contributed by atoms with E-state index in [0.29, 0.717) is 26.4 Å².